The average Bonchev–Trinajstić information content (AvgIpc) is 2.91. The van der Waals surface area contributed by atoms with Crippen LogP contribution in [0.2, 0.25) is 0 Å². The minimum atomic E-state index is -0.875. The highest BCUT2D eigenvalue weighted by molar-refractivity contribution is 5.90. The van der Waals surface area contributed by atoms with Crippen molar-refractivity contribution in [2.24, 2.45) is 0 Å². The van der Waals surface area contributed by atoms with Gasteiger partial charge in [-0.15, -0.1) is 0 Å². The number of carboxylic acid groups (broad SMARTS) is 1. The van der Waals surface area contributed by atoms with Crippen molar-refractivity contribution >= 4 is 17.6 Å². The van der Waals surface area contributed by atoms with Crippen molar-refractivity contribution in [2.45, 2.75) is 19.3 Å². The van der Waals surface area contributed by atoms with E-state index in [1.165, 1.54) is 0 Å². The van der Waals surface area contributed by atoms with E-state index < -0.39 is 5.97 Å². The van der Waals surface area contributed by atoms with Crippen LogP contribution in [0.5, 0.6) is 0 Å². The molecule has 1 amide bonds. The Morgan fingerprint density at radius 1 is 1.15 bits per heavy atom. The molecule has 20 heavy (non-hydrogen) atoms. The molecule has 0 bridgehead atoms. The van der Waals surface area contributed by atoms with Gasteiger partial charge in [-0.3, -0.25) is 9.59 Å². The number of furan rings is 1. The fourth-order valence-corrected chi connectivity index (χ4v) is 1.80. The first-order valence-electron chi connectivity index (χ1n) is 6.26. The molecular formula is C15H15NO4. The first-order valence-corrected chi connectivity index (χ1v) is 6.26. The predicted octanol–water partition coefficient (Wildman–Crippen LogP) is 2.48. The number of carbonyl (C=O) groups is 2. The number of aliphatic carboxylic acids is 1. The Balaban J connectivity index is 1.83. The normalized spacial score (nSPS) is 10.2. The number of hydrogen-bond donors (Lipinski definition) is 2. The monoisotopic (exact) mass is 273 g/mol. The highest BCUT2D eigenvalue weighted by Crippen LogP contribution is 2.11. The van der Waals surface area contributed by atoms with Crippen LogP contribution in [-0.2, 0) is 22.4 Å². The smallest absolute Gasteiger partial charge is 0.307 e. The number of anilines is 1. The van der Waals surface area contributed by atoms with Crippen LogP contribution < -0.4 is 5.32 Å². The molecule has 0 saturated carbocycles. The van der Waals surface area contributed by atoms with Gasteiger partial charge in [0.2, 0.25) is 5.91 Å². The molecule has 0 unspecified atom stereocenters. The van der Waals surface area contributed by atoms with Gasteiger partial charge in [-0.05, 0) is 29.8 Å². The largest absolute Gasteiger partial charge is 0.481 e. The molecule has 0 spiro atoms. The van der Waals surface area contributed by atoms with Crippen LogP contribution in [0.25, 0.3) is 0 Å². The molecule has 1 aromatic heterocycles. The third-order valence-electron chi connectivity index (χ3n) is 2.77. The number of carboxylic acids is 1. The lowest BCUT2D eigenvalue weighted by Crippen LogP contribution is -2.12. The van der Waals surface area contributed by atoms with Crippen molar-refractivity contribution in [3.05, 3.63) is 54.0 Å². The fraction of sp³-hybridized carbons (Fsp3) is 0.200. The van der Waals surface area contributed by atoms with Gasteiger partial charge in [-0.1, -0.05) is 12.1 Å². The Bertz CT molecular complexity index is 572. The van der Waals surface area contributed by atoms with E-state index in [1.807, 2.05) is 6.07 Å². The highest BCUT2D eigenvalue weighted by Gasteiger charge is 2.05. The number of amides is 1. The van der Waals surface area contributed by atoms with Gasteiger partial charge in [0, 0.05) is 18.5 Å². The Morgan fingerprint density at radius 2 is 1.90 bits per heavy atom. The van der Waals surface area contributed by atoms with Crippen LogP contribution >= 0.6 is 0 Å². The van der Waals surface area contributed by atoms with Gasteiger partial charge >= 0.3 is 5.97 Å². The van der Waals surface area contributed by atoms with Gasteiger partial charge in [-0.25, -0.2) is 0 Å². The summed E-state index contributed by atoms with van der Waals surface area (Å²) in [6.45, 7) is 0. The fourth-order valence-electron chi connectivity index (χ4n) is 1.80. The Hall–Kier alpha value is -2.56. The maximum atomic E-state index is 11.7. The van der Waals surface area contributed by atoms with E-state index in [4.69, 9.17) is 9.52 Å². The van der Waals surface area contributed by atoms with Gasteiger partial charge in [-0.2, -0.15) is 0 Å². The molecule has 0 atom stereocenters. The molecule has 2 rings (SSSR count). The van der Waals surface area contributed by atoms with Crippen molar-refractivity contribution in [2.75, 3.05) is 5.32 Å². The number of carbonyl (C=O) groups excluding carboxylic acids is 1. The van der Waals surface area contributed by atoms with Crippen LogP contribution in [-0.4, -0.2) is 17.0 Å². The first-order chi connectivity index (χ1) is 9.63. The van der Waals surface area contributed by atoms with E-state index in [0.717, 1.165) is 5.76 Å². The van der Waals surface area contributed by atoms with Gasteiger partial charge < -0.3 is 14.8 Å². The number of benzene rings is 1. The van der Waals surface area contributed by atoms with Crippen molar-refractivity contribution in [3.63, 3.8) is 0 Å². The van der Waals surface area contributed by atoms with Crippen LogP contribution in [0.3, 0.4) is 0 Å². The lowest BCUT2D eigenvalue weighted by atomic mass is 10.1. The average molecular weight is 273 g/mol. The second kappa shape index (κ2) is 6.56. The Labute approximate surface area is 116 Å². The maximum Gasteiger partial charge on any atom is 0.307 e. The van der Waals surface area contributed by atoms with Gasteiger partial charge in [0.05, 0.1) is 12.7 Å². The zero-order chi connectivity index (χ0) is 14.4. The van der Waals surface area contributed by atoms with Crippen molar-refractivity contribution in [1.29, 1.82) is 0 Å². The van der Waals surface area contributed by atoms with Gasteiger partial charge in [0.1, 0.15) is 5.76 Å². The topological polar surface area (TPSA) is 79.5 Å². The van der Waals surface area contributed by atoms with Crippen molar-refractivity contribution < 1.29 is 19.1 Å². The van der Waals surface area contributed by atoms with Crippen LogP contribution in [0.4, 0.5) is 5.69 Å². The molecule has 0 aliphatic rings. The van der Waals surface area contributed by atoms with E-state index in [1.54, 1.807) is 36.6 Å². The Kier molecular flexibility index (Phi) is 4.55. The standard InChI is InChI=1S/C15H15NO4/c17-14(8-7-13-2-1-9-20-13)16-12-5-3-11(4-6-12)10-15(18)19/h1-6,9H,7-8,10H2,(H,16,17)(H,18,19). The summed E-state index contributed by atoms with van der Waals surface area (Å²) in [6, 6.07) is 10.4. The SMILES string of the molecule is O=C(O)Cc1ccc(NC(=O)CCc2ccco2)cc1. The number of rotatable bonds is 6. The molecular weight excluding hydrogens is 258 g/mol. The minimum Gasteiger partial charge on any atom is -0.481 e. The molecule has 0 saturated heterocycles. The summed E-state index contributed by atoms with van der Waals surface area (Å²) in [4.78, 5) is 22.3. The summed E-state index contributed by atoms with van der Waals surface area (Å²) < 4.78 is 5.15. The van der Waals surface area contributed by atoms with E-state index in [-0.39, 0.29) is 12.3 Å². The zero-order valence-electron chi connectivity index (χ0n) is 10.8. The molecule has 0 aliphatic heterocycles. The van der Waals surface area contributed by atoms with Crippen LogP contribution in [0, 0.1) is 0 Å². The summed E-state index contributed by atoms with van der Waals surface area (Å²) in [5, 5.41) is 11.4. The molecule has 104 valence electrons. The number of nitrogens with one attached hydrogen (secondary N) is 1. The lowest BCUT2D eigenvalue weighted by molar-refractivity contribution is -0.136. The molecule has 0 fully saturated rings. The number of aryl methyl sites for hydroxylation is 1. The molecule has 2 aromatic rings. The predicted molar refractivity (Wildman–Crippen MR) is 73.4 cm³/mol. The van der Waals surface area contributed by atoms with Crippen molar-refractivity contribution in [3.8, 4) is 0 Å². The van der Waals surface area contributed by atoms with E-state index in [9.17, 15) is 9.59 Å². The third-order valence-corrected chi connectivity index (χ3v) is 2.77. The van der Waals surface area contributed by atoms with E-state index >= 15 is 0 Å². The summed E-state index contributed by atoms with van der Waals surface area (Å²) in [5.41, 5.74) is 1.36. The molecule has 1 heterocycles. The van der Waals surface area contributed by atoms with E-state index in [0.29, 0.717) is 24.1 Å². The van der Waals surface area contributed by atoms with Crippen LogP contribution in [0.1, 0.15) is 17.7 Å². The lowest BCUT2D eigenvalue weighted by Gasteiger charge is -2.05. The maximum absolute atomic E-state index is 11.7. The van der Waals surface area contributed by atoms with Gasteiger partial charge in [0.25, 0.3) is 0 Å². The quantitative estimate of drug-likeness (QED) is 0.847. The molecule has 5 nitrogen and oxygen atoms in total. The molecule has 5 heteroatoms. The highest BCUT2D eigenvalue weighted by atomic mass is 16.4. The molecule has 0 radical (unpaired) electrons. The molecule has 0 aliphatic carbocycles. The summed E-state index contributed by atoms with van der Waals surface area (Å²) in [5.74, 6) is -0.204. The number of hydrogen-bond acceptors (Lipinski definition) is 3. The second-order valence-electron chi connectivity index (χ2n) is 4.39. The van der Waals surface area contributed by atoms with Gasteiger partial charge in [0.15, 0.2) is 0 Å². The second-order valence-corrected chi connectivity index (χ2v) is 4.39. The zero-order valence-corrected chi connectivity index (χ0v) is 10.8. The van der Waals surface area contributed by atoms with Crippen molar-refractivity contribution in [1.82, 2.24) is 0 Å². The van der Waals surface area contributed by atoms with Crippen LogP contribution in [0.15, 0.2) is 47.1 Å². The summed E-state index contributed by atoms with van der Waals surface area (Å²) in [6.07, 6.45) is 2.45. The summed E-state index contributed by atoms with van der Waals surface area (Å²) >= 11 is 0. The minimum absolute atomic E-state index is 0.0211. The first kappa shape index (κ1) is 13.9. The van der Waals surface area contributed by atoms with E-state index in [2.05, 4.69) is 5.32 Å². The Morgan fingerprint density at radius 3 is 2.50 bits per heavy atom. The molecule has 1 aromatic carbocycles. The summed E-state index contributed by atoms with van der Waals surface area (Å²) in [7, 11) is 0. The third kappa shape index (κ3) is 4.28. The molecule has 2 N–H and O–H groups in total.